The average Bonchev–Trinajstić information content (AvgIpc) is 3.84. The molecule has 0 amide bonds. The maximum atomic E-state index is 12.1. The van der Waals surface area contributed by atoms with Crippen LogP contribution in [0.4, 0.5) is 0 Å². The molecule has 0 aliphatic carbocycles. The van der Waals surface area contributed by atoms with Crippen LogP contribution in [0.1, 0.15) is 162 Å². The smallest absolute Gasteiger partial charge is 0.306 e. The standard InChI is InChI=1S/C33H60O6/c1-4-6-8-10-12-14-20-28-30(38-28)22-16-18-24-32(34)36-26-27(3)37-33(35)25-19-17-23-31-29(39-31)21-15-13-11-9-7-5-2/h27-31H,4-26H2,1-3H3. The lowest BCUT2D eigenvalue weighted by atomic mass is 10.0. The van der Waals surface area contributed by atoms with Crippen LogP contribution in [-0.2, 0) is 28.5 Å². The highest BCUT2D eigenvalue weighted by Gasteiger charge is 2.37. The van der Waals surface area contributed by atoms with Crippen molar-refractivity contribution in [1.29, 1.82) is 0 Å². The van der Waals surface area contributed by atoms with E-state index in [1.165, 1.54) is 89.9 Å². The minimum atomic E-state index is -0.405. The Kier molecular flexibility index (Phi) is 18.9. The molecule has 2 aliphatic heterocycles. The zero-order chi connectivity index (χ0) is 28.1. The first-order valence-corrected chi connectivity index (χ1v) is 16.7. The molecule has 0 bridgehead atoms. The molecule has 0 spiro atoms. The molecule has 0 aromatic heterocycles. The molecule has 0 saturated carbocycles. The van der Waals surface area contributed by atoms with E-state index in [4.69, 9.17) is 18.9 Å². The van der Waals surface area contributed by atoms with Gasteiger partial charge in [-0.15, -0.1) is 0 Å². The maximum absolute atomic E-state index is 12.1. The second-order valence-corrected chi connectivity index (χ2v) is 12.0. The van der Waals surface area contributed by atoms with Gasteiger partial charge in [-0.2, -0.15) is 0 Å². The van der Waals surface area contributed by atoms with Crippen molar-refractivity contribution in [3.05, 3.63) is 0 Å². The Labute approximate surface area is 239 Å². The van der Waals surface area contributed by atoms with E-state index < -0.39 is 6.10 Å². The first kappa shape index (κ1) is 34.1. The Morgan fingerprint density at radius 2 is 0.949 bits per heavy atom. The molecule has 2 fully saturated rings. The largest absolute Gasteiger partial charge is 0.462 e. The van der Waals surface area contributed by atoms with E-state index in [1.807, 2.05) is 0 Å². The van der Waals surface area contributed by atoms with E-state index in [0.717, 1.165) is 38.5 Å². The second kappa shape index (κ2) is 21.6. The molecule has 2 rings (SSSR count). The number of esters is 2. The van der Waals surface area contributed by atoms with Crippen molar-refractivity contribution in [1.82, 2.24) is 0 Å². The third-order valence-corrected chi connectivity index (χ3v) is 8.11. The first-order valence-electron chi connectivity index (χ1n) is 16.7. The van der Waals surface area contributed by atoms with Gasteiger partial charge in [-0.1, -0.05) is 104 Å². The number of carbonyl (C=O) groups excluding carboxylic acids is 2. The van der Waals surface area contributed by atoms with Crippen molar-refractivity contribution in [3.8, 4) is 0 Å². The summed E-state index contributed by atoms with van der Waals surface area (Å²) in [7, 11) is 0. The van der Waals surface area contributed by atoms with E-state index in [1.54, 1.807) is 6.92 Å². The van der Waals surface area contributed by atoms with E-state index in [0.29, 0.717) is 37.3 Å². The van der Waals surface area contributed by atoms with Crippen molar-refractivity contribution in [2.24, 2.45) is 0 Å². The molecule has 5 atom stereocenters. The van der Waals surface area contributed by atoms with Gasteiger partial charge in [-0.05, 0) is 45.4 Å². The Bertz CT molecular complexity index is 638. The van der Waals surface area contributed by atoms with Gasteiger partial charge >= 0.3 is 11.9 Å². The highest BCUT2D eigenvalue weighted by Crippen LogP contribution is 2.32. The van der Waals surface area contributed by atoms with Crippen LogP contribution in [0.3, 0.4) is 0 Å². The Morgan fingerprint density at radius 1 is 0.564 bits per heavy atom. The minimum absolute atomic E-state index is 0.132. The van der Waals surface area contributed by atoms with Gasteiger partial charge in [0.15, 0.2) is 0 Å². The predicted octanol–water partition coefficient (Wildman–Crippen LogP) is 8.62. The van der Waals surface area contributed by atoms with E-state index in [9.17, 15) is 9.59 Å². The maximum Gasteiger partial charge on any atom is 0.306 e. The molecule has 39 heavy (non-hydrogen) atoms. The van der Waals surface area contributed by atoms with Gasteiger partial charge in [0.05, 0.1) is 24.4 Å². The van der Waals surface area contributed by atoms with Crippen molar-refractivity contribution < 1.29 is 28.5 Å². The number of hydrogen-bond acceptors (Lipinski definition) is 6. The molecule has 0 N–H and O–H groups in total. The topological polar surface area (TPSA) is 77.7 Å². The van der Waals surface area contributed by atoms with Crippen LogP contribution in [-0.4, -0.2) is 49.1 Å². The van der Waals surface area contributed by atoms with E-state index in [2.05, 4.69) is 13.8 Å². The molecular weight excluding hydrogens is 492 g/mol. The lowest BCUT2D eigenvalue weighted by Crippen LogP contribution is -2.22. The van der Waals surface area contributed by atoms with Gasteiger partial charge in [0, 0.05) is 12.8 Å². The van der Waals surface area contributed by atoms with Crippen LogP contribution in [0.5, 0.6) is 0 Å². The predicted molar refractivity (Wildman–Crippen MR) is 157 cm³/mol. The first-order chi connectivity index (χ1) is 19.0. The monoisotopic (exact) mass is 552 g/mol. The minimum Gasteiger partial charge on any atom is -0.462 e. The molecule has 2 heterocycles. The SMILES string of the molecule is CCCCCCCCC1OC1CCCCC(=O)OCC(C)OC(=O)CCCCC1OC1CCCCCCCC. The lowest BCUT2D eigenvalue weighted by Gasteiger charge is -2.13. The normalized spacial score (nSPS) is 22.4. The van der Waals surface area contributed by atoms with Crippen molar-refractivity contribution in [3.63, 3.8) is 0 Å². The Hall–Kier alpha value is -1.14. The summed E-state index contributed by atoms with van der Waals surface area (Å²) in [5.74, 6) is -0.419. The molecule has 2 aliphatic rings. The van der Waals surface area contributed by atoms with Crippen molar-refractivity contribution in [2.45, 2.75) is 193 Å². The van der Waals surface area contributed by atoms with Crippen LogP contribution in [0.15, 0.2) is 0 Å². The lowest BCUT2D eigenvalue weighted by molar-refractivity contribution is -0.158. The van der Waals surface area contributed by atoms with Crippen molar-refractivity contribution >= 4 is 11.9 Å². The van der Waals surface area contributed by atoms with Gasteiger partial charge in [-0.3, -0.25) is 9.59 Å². The number of unbranched alkanes of at least 4 members (excludes halogenated alkanes) is 12. The molecule has 5 unspecified atom stereocenters. The van der Waals surface area contributed by atoms with Crippen LogP contribution in [0.25, 0.3) is 0 Å². The third-order valence-electron chi connectivity index (χ3n) is 8.11. The van der Waals surface area contributed by atoms with Crippen LogP contribution < -0.4 is 0 Å². The molecule has 0 aromatic carbocycles. The number of rotatable bonds is 27. The molecule has 0 radical (unpaired) electrons. The van der Waals surface area contributed by atoms with Gasteiger partial charge in [-0.25, -0.2) is 0 Å². The fourth-order valence-electron chi connectivity index (χ4n) is 5.46. The number of ether oxygens (including phenoxy) is 4. The summed E-state index contributed by atoms with van der Waals surface area (Å²) in [5, 5.41) is 0. The Morgan fingerprint density at radius 3 is 1.41 bits per heavy atom. The van der Waals surface area contributed by atoms with Gasteiger partial charge in [0.2, 0.25) is 0 Å². The number of epoxide rings is 2. The Balaban J connectivity index is 1.33. The summed E-state index contributed by atoms with van der Waals surface area (Å²) >= 11 is 0. The fourth-order valence-corrected chi connectivity index (χ4v) is 5.46. The van der Waals surface area contributed by atoms with E-state index in [-0.39, 0.29) is 18.5 Å². The van der Waals surface area contributed by atoms with Crippen molar-refractivity contribution in [2.75, 3.05) is 6.61 Å². The number of hydrogen-bond donors (Lipinski definition) is 0. The summed E-state index contributed by atoms with van der Waals surface area (Å²) in [4.78, 5) is 24.1. The van der Waals surface area contributed by atoms with Gasteiger partial charge < -0.3 is 18.9 Å². The summed E-state index contributed by atoms with van der Waals surface area (Å²) < 4.78 is 22.3. The summed E-state index contributed by atoms with van der Waals surface area (Å²) in [6.07, 6.45) is 26.1. The van der Waals surface area contributed by atoms with Crippen LogP contribution in [0, 0.1) is 0 Å². The molecule has 0 aromatic rings. The average molecular weight is 553 g/mol. The molecule has 2 saturated heterocycles. The summed E-state index contributed by atoms with van der Waals surface area (Å²) in [6.45, 7) is 6.41. The van der Waals surface area contributed by atoms with E-state index >= 15 is 0 Å². The second-order valence-electron chi connectivity index (χ2n) is 12.0. The highest BCUT2D eigenvalue weighted by atomic mass is 16.6. The van der Waals surface area contributed by atoms with Gasteiger partial charge in [0.25, 0.3) is 0 Å². The molecule has 228 valence electrons. The van der Waals surface area contributed by atoms with Gasteiger partial charge in [0.1, 0.15) is 12.7 Å². The quantitative estimate of drug-likeness (QED) is 0.0577. The fraction of sp³-hybridized carbons (Fsp3) is 0.939. The molecular formula is C33H60O6. The third kappa shape index (κ3) is 18.0. The van der Waals surface area contributed by atoms with Crippen LogP contribution in [0.2, 0.25) is 0 Å². The zero-order valence-corrected chi connectivity index (χ0v) is 25.6. The summed E-state index contributed by atoms with van der Waals surface area (Å²) in [6, 6.07) is 0. The number of carbonyl (C=O) groups is 2. The van der Waals surface area contributed by atoms with Crippen LogP contribution >= 0.6 is 0 Å². The summed E-state index contributed by atoms with van der Waals surface area (Å²) in [5.41, 5.74) is 0. The molecule has 6 nitrogen and oxygen atoms in total. The highest BCUT2D eigenvalue weighted by molar-refractivity contribution is 5.70. The molecule has 6 heteroatoms. The zero-order valence-electron chi connectivity index (χ0n) is 25.6.